The lowest BCUT2D eigenvalue weighted by atomic mass is 9.86. The third-order valence-electron chi connectivity index (χ3n) is 6.91. The average molecular weight is 616 g/mol. The molecule has 2 aromatic rings. The second-order valence-corrected chi connectivity index (χ2v) is 9.40. The SMILES string of the molecule is Br.Br.CCCN(CCCCCCNCCCc1ccccc1O)C1CCc2c(ccc(O)c2O)C1. The minimum Gasteiger partial charge on any atom is -0.508 e. The van der Waals surface area contributed by atoms with E-state index in [4.69, 9.17) is 0 Å². The first-order chi connectivity index (χ1) is 16.1. The highest BCUT2D eigenvalue weighted by atomic mass is 79.9. The number of halogens is 2. The molecule has 0 heterocycles. The monoisotopic (exact) mass is 614 g/mol. The van der Waals surface area contributed by atoms with E-state index in [2.05, 4.69) is 17.1 Å². The van der Waals surface area contributed by atoms with E-state index in [0.717, 1.165) is 75.8 Å². The van der Waals surface area contributed by atoms with E-state index in [1.54, 1.807) is 12.1 Å². The van der Waals surface area contributed by atoms with Crippen molar-refractivity contribution >= 4 is 34.0 Å². The lowest BCUT2D eigenvalue weighted by Crippen LogP contribution is -2.40. The molecule has 5 nitrogen and oxygen atoms in total. The molecule has 0 radical (unpaired) electrons. The van der Waals surface area contributed by atoms with Gasteiger partial charge in [-0.15, -0.1) is 34.0 Å². The molecule has 0 saturated heterocycles. The van der Waals surface area contributed by atoms with Crippen molar-refractivity contribution in [2.45, 2.75) is 77.2 Å². The summed E-state index contributed by atoms with van der Waals surface area (Å²) >= 11 is 0. The number of nitrogens with one attached hydrogen (secondary N) is 1. The minimum absolute atomic E-state index is 0. The number of phenols is 3. The van der Waals surface area contributed by atoms with E-state index >= 15 is 0 Å². The lowest BCUT2D eigenvalue weighted by molar-refractivity contribution is 0.175. The number of unbranched alkanes of at least 4 members (excludes halogenated alkanes) is 3. The van der Waals surface area contributed by atoms with Crippen molar-refractivity contribution < 1.29 is 15.3 Å². The van der Waals surface area contributed by atoms with E-state index in [1.165, 1.54) is 31.2 Å². The number of benzene rings is 2. The highest BCUT2D eigenvalue weighted by molar-refractivity contribution is 8.93. The van der Waals surface area contributed by atoms with Gasteiger partial charge < -0.3 is 25.5 Å². The molecular weight excluding hydrogens is 572 g/mol. The molecule has 0 aromatic heterocycles. The fourth-order valence-electron chi connectivity index (χ4n) is 5.05. The second kappa shape index (κ2) is 17.2. The number of hydrogen-bond donors (Lipinski definition) is 4. The third kappa shape index (κ3) is 9.95. The van der Waals surface area contributed by atoms with Crippen LogP contribution in [0.4, 0.5) is 0 Å². The Morgan fingerprint density at radius 2 is 1.60 bits per heavy atom. The van der Waals surface area contributed by atoms with Crippen molar-refractivity contribution in [3.8, 4) is 17.2 Å². The largest absolute Gasteiger partial charge is 0.508 e. The first-order valence-corrected chi connectivity index (χ1v) is 12.8. The van der Waals surface area contributed by atoms with Gasteiger partial charge >= 0.3 is 0 Å². The molecule has 2 aromatic carbocycles. The normalized spacial score (nSPS) is 14.7. The molecule has 3 rings (SSSR count). The van der Waals surface area contributed by atoms with Crippen LogP contribution in [0, 0.1) is 0 Å². The van der Waals surface area contributed by atoms with Gasteiger partial charge in [-0.1, -0.05) is 44.0 Å². The Balaban J connectivity index is 0.00000306. The number of hydrogen-bond acceptors (Lipinski definition) is 5. The van der Waals surface area contributed by atoms with Gasteiger partial charge in [0.1, 0.15) is 5.75 Å². The molecule has 0 spiro atoms. The topological polar surface area (TPSA) is 76.0 Å². The van der Waals surface area contributed by atoms with Crippen LogP contribution < -0.4 is 5.32 Å². The van der Waals surface area contributed by atoms with E-state index in [0.29, 0.717) is 11.8 Å². The van der Waals surface area contributed by atoms with Crippen molar-refractivity contribution in [1.29, 1.82) is 0 Å². The Kier molecular flexibility index (Phi) is 15.6. The zero-order chi connectivity index (χ0) is 23.5. The van der Waals surface area contributed by atoms with Crippen molar-refractivity contribution in [2.75, 3.05) is 26.2 Å². The summed E-state index contributed by atoms with van der Waals surface area (Å²) in [6.45, 7) is 6.58. The van der Waals surface area contributed by atoms with Crippen LogP contribution in [0.25, 0.3) is 0 Å². The van der Waals surface area contributed by atoms with Gasteiger partial charge in [0, 0.05) is 11.6 Å². The summed E-state index contributed by atoms with van der Waals surface area (Å²) < 4.78 is 0. The van der Waals surface area contributed by atoms with Crippen LogP contribution in [-0.2, 0) is 19.3 Å². The van der Waals surface area contributed by atoms with Gasteiger partial charge in [0.05, 0.1) is 0 Å². The molecule has 0 bridgehead atoms. The summed E-state index contributed by atoms with van der Waals surface area (Å²) in [6, 6.07) is 11.7. The van der Waals surface area contributed by atoms with Gasteiger partial charge in [-0.25, -0.2) is 0 Å². The van der Waals surface area contributed by atoms with E-state index in [9.17, 15) is 15.3 Å². The minimum atomic E-state index is 0. The first kappa shape index (κ1) is 31.7. The smallest absolute Gasteiger partial charge is 0.160 e. The molecule has 1 atom stereocenters. The molecule has 198 valence electrons. The summed E-state index contributed by atoms with van der Waals surface area (Å²) in [6.07, 6.45) is 10.9. The molecule has 0 saturated carbocycles. The fraction of sp³-hybridized carbons (Fsp3) is 0.571. The van der Waals surface area contributed by atoms with Crippen molar-refractivity contribution in [2.24, 2.45) is 0 Å². The number of aromatic hydroxyl groups is 3. The summed E-state index contributed by atoms with van der Waals surface area (Å²) in [5.74, 6) is 0.493. The van der Waals surface area contributed by atoms with Gasteiger partial charge in [-0.3, -0.25) is 0 Å². The molecule has 7 heteroatoms. The Bertz CT molecular complexity index is 866. The Hall–Kier alpha value is -1.28. The number of para-hydroxylation sites is 1. The Morgan fingerprint density at radius 1 is 0.857 bits per heavy atom. The van der Waals surface area contributed by atoms with Crippen LogP contribution in [0.5, 0.6) is 17.2 Å². The Labute approximate surface area is 232 Å². The highest BCUT2D eigenvalue weighted by Crippen LogP contribution is 2.36. The van der Waals surface area contributed by atoms with Gasteiger partial charge in [0.15, 0.2) is 11.5 Å². The number of rotatable bonds is 14. The van der Waals surface area contributed by atoms with Crippen molar-refractivity contribution in [1.82, 2.24) is 10.2 Å². The zero-order valence-electron chi connectivity index (χ0n) is 21.0. The van der Waals surface area contributed by atoms with Gasteiger partial charge in [0.25, 0.3) is 0 Å². The molecule has 1 unspecified atom stereocenters. The number of fused-ring (bicyclic) bond motifs is 1. The maximum absolute atomic E-state index is 10.1. The molecule has 0 aliphatic heterocycles. The van der Waals surface area contributed by atoms with Crippen LogP contribution in [0.15, 0.2) is 36.4 Å². The maximum atomic E-state index is 10.1. The zero-order valence-corrected chi connectivity index (χ0v) is 24.5. The predicted molar refractivity (Wildman–Crippen MR) is 156 cm³/mol. The quantitative estimate of drug-likeness (QED) is 0.148. The van der Waals surface area contributed by atoms with Crippen LogP contribution in [-0.4, -0.2) is 52.4 Å². The molecule has 1 aliphatic rings. The number of nitrogens with zero attached hydrogens (tertiary/aromatic N) is 1. The molecule has 0 amide bonds. The molecule has 1 aliphatic carbocycles. The van der Waals surface area contributed by atoms with E-state index in [1.807, 2.05) is 24.3 Å². The maximum Gasteiger partial charge on any atom is 0.160 e. The summed E-state index contributed by atoms with van der Waals surface area (Å²) in [4.78, 5) is 2.64. The van der Waals surface area contributed by atoms with Crippen LogP contribution in [0.2, 0.25) is 0 Å². The Morgan fingerprint density at radius 3 is 2.37 bits per heavy atom. The summed E-state index contributed by atoms with van der Waals surface area (Å²) in [7, 11) is 0. The molecule has 4 N–H and O–H groups in total. The van der Waals surface area contributed by atoms with Crippen LogP contribution >= 0.6 is 34.0 Å². The van der Waals surface area contributed by atoms with Gasteiger partial charge in [0.2, 0.25) is 0 Å². The van der Waals surface area contributed by atoms with E-state index in [-0.39, 0.29) is 45.5 Å². The second-order valence-electron chi connectivity index (χ2n) is 9.40. The molecule has 0 fully saturated rings. The summed E-state index contributed by atoms with van der Waals surface area (Å²) in [5.41, 5.74) is 3.17. The number of phenolic OH excluding ortho intramolecular Hbond substituents is 3. The van der Waals surface area contributed by atoms with Crippen LogP contribution in [0.1, 0.15) is 68.6 Å². The van der Waals surface area contributed by atoms with Gasteiger partial charge in [-0.2, -0.15) is 0 Å². The molecular formula is C28H44Br2N2O3. The number of aryl methyl sites for hydroxylation is 1. The lowest BCUT2D eigenvalue weighted by Gasteiger charge is -2.35. The average Bonchev–Trinajstić information content (AvgIpc) is 2.83. The fourth-order valence-corrected chi connectivity index (χ4v) is 5.05. The summed E-state index contributed by atoms with van der Waals surface area (Å²) in [5, 5.41) is 33.3. The van der Waals surface area contributed by atoms with Crippen LogP contribution in [0.3, 0.4) is 0 Å². The first-order valence-electron chi connectivity index (χ1n) is 12.8. The van der Waals surface area contributed by atoms with Crippen molar-refractivity contribution in [3.63, 3.8) is 0 Å². The third-order valence-corrected chi connectivity index (χ3v) is 6.91. The van der Waals surface area contributed by atoms with Gasteiger partial charge in [-0.05, 0) is 101 Å². The van der Waals surface area contributed by atoms with Crippen molar-refractivity contribution in [3.05, 3.63) is 53.1 Å². The van der Waals surface area contributed by atoms with E-state index < -0.39 is 0 Å². The molecule has 35 heavy (non-hydrogen) atoms. The standard InChI is InChI=1S/C28H42N2O3.2BrH/c1-2-19-30(24-14-15-25-23(21-24)13-16-27(32)28(25)33)20-8-4-3-7-17-29-18-9-11-22-10-5-6-12-26(22)31;;/h5-6,10,12-13,16,24,29,31-33H,2-4,7-9,11,14-15,17-21H2,1H3;2*1H. The highest BCUT2D eigenvalue weighted by Gasteiger charge is 2.26. The predicted octanol–water partition coefficient (Wildman–Crippen LogP) is 6.31.